The zero-order chi connectivity index (χ0) is 21.0. The van der Waals surface area contributed by atoms with E-state index in [0.29, 0.717) is 17.1 Å². The first-order chi connectivity index (χ1) is 14.0. The van der Waals surface area contributed by atoms with Crippen molar-refractivity contribution in [3.05, 3.63) is 59.7 Å². The Morgan fingerprint density at radius 3 is 2.00 bits per heavy atom. The summed E-state index contributed by atoms with van der Waals surface area (Å²) < 4.78 is 20.9. The summed E-state index contributed by atoms with van der Waals surface area (Å²) in [5.74, 6) is -3.05. The van der Waals surface area contributed by atoms with Gasteiger partial charge in [0, 0.05) is 5.56 Å². The van der Waals surface area contributed by atoms with Crippen LogP contribution in [-0.4, -0.2) is 38.5 Å². The Bertz CT molecular complexity index is 886. The Morgan fingerprint density at radius 1 is 0.931 bits per heavy atom. The SMILES string of the molecule is CCOC(=O)[C@H]1[C@H](C(=O)c2ccc(OC)cc2)C(=O)O[C@H]1c1ccc(OC)cc1. The van der Waals surface area contributed by atoms with Crippen molar-refractivity contribution < 1.29 is 33.3 Å². The molecular formula is C22H22O7. The Kier molecular flexibility index (Phi) is 6.16. The van der Waals surface area contributed by atoms with Gasteiger partial charge in [-0.1, -0.05) is 12.1 Å². The van der Waals surface area contributed by atoms with Crippen LogP contribution in [0, 0.1) is 11.8 Å². The fourth-order valence-electron chi connectivity index (χ4n) is 3.37. The van der Waals surface area contributed by atoms with Crippen molar-refractivity contribution in [2.45, 2.75) is 13.0 Å². The van der Waals surface area contributed by atoms with Crippen LogP contribution in [0.15, 0.2) is 48.5 Å². The molecule has 2 aromatic carbocycles. The number of esters is 2. The number of ether oxygens (including phenoxy) is 4. The lowest BCUT2D eigenvalue weighted by atomic mass is 9.82. The molecule has 7 heteroatoms. The molecule has 0 aromatic heterocycles. The normalized spacial score (nSPS) is 20.7. The third-order valence-corrected chi connectivity index (χ3v) is 4.84. The van der Waals surface area contributed by atoms with E-state index in [1.165, 1.54) is 14.2 Å². The molecule has 29 heavy (non-hydrogen) atoms. The minimum absolute atomic E-state index is 0.127. The number of cyclic esters (lactones) is 1. The van der Waals surface area contributed by atoms with Crippen molar-refractivity contribution in [2.24, 2.45) is 11.8 Å². The molecule has 0 aliphatic carbocycles. The number of hydrogen-bond donors (Lipinski definition) is 0. The monoisotopic (exact) mass is 398 g/mol. The van der Waals surface area contributed by atoms with Gasteiger partial charge < -0.3 is 18.9 Å². The molecule has 2 aromatic rings. The van der Waals surface area contributed by atoms with E-state index in [2.05, 4.69) is 0 Å². The summed E-state index contributed by atoms with van der Waals surface area (Å²) in [6.07, 6.45) is -0.917. The summed E-state index contributed by atoms with van der Waals surface area (Å²) in [7, 11) is 3.05. The van der Waals surface area contributed by atoms with E-state index >= 15 is 0 Å². The second-order valence-corrected chi connectivity index (χ2v) is 6.48. The minimum Gasteiger partial charge on any atom is -0.497 e. The van der Waals surface area contributed by atoms with E-state index in [-0.39, 0.29) is 12.2 Å². The molecule has 1 fully saturated rings. The van der Waals surface area contributed by atoms with E-state index in [4.69, 9.17) is 18.9 Å². The van der Waals surface area contributed by atoms with Gasteiger partial charge in [0.2, 0.25) is 0 Å². The smallest absolute Gasteiger partial charge is 0.318 e. The molecule has 0 saturated carbocycles. The standard InChI is InChI=1S/C22H22O7/c1-4-28-21(24)18-17(19(23)13-5-9-15(26-2)10-6-13)22(25)29-20(18)14-7-11-16(27-3)12-8-14/h5-12,17-18,20H,4H2,1-3H3/t17-,18+,20+/m1/s1. The molecule has 3 rings (SSSR count). The summed E-state index contributed by atoms with van der Waals surface area (Å²) in [5.41, 5.74) is 0.875. The second-order valence-electron chi connectivity index (χ2n) is 6.48. The number of Topliss-reactive ketones (excluding diaryl/α,β-unsaturated/α-hetero) is 1. The molecule has 7 nitrogen and oxygen atoms in total. The number of rotatable bonds is 7. The van der Waals surface area contributed by atoms with Crippen LogP contribution in [-0.2, 0) is 19.1 Å². The van der Waals surface area contributed by atoms with Gasteiger partial charge in [0.05, 0.1) is 20.8 Å². The molecule has 0 N–H and O–H groups in total. The number of benzene rings is 2. The first kappa shape index (κ1) is 20.4. The first-order valence-corrected chi connectivity index (χ1v) is 9.19. The Balaban J connectivity index is 1.96. The average Bonchev–Trinajstić information content (AvgIpc) is 3.10. The van der Waals surface area contributed by atoms with Crippen LogP contribution in [0.1, 0.15) is 28.9 Å². The van der Waals surface area contributed by atoms with Crippen molar-refractivity contribution in [2.75, 3.05) is 20.8 Å². The van der Waals surface area contributed by atoms with Crippen LogP contribution in [0.25, 0.3) is 0 Å². The van der Waals surface area contributed by atoms with Crippen molar-refractivity contribution in [3.8, 4) is 11.5 Å². The fourth-order valence-corrected chi connectivity index (χ4v) is 3.37. The van der Waals surface area contributed by atoms with Gasteiger partial charge in [-0.05, 0) is 48.9 Å². The van der Waals surface area contributed by atoms with Crippen LogP contribution >= 0.6 is 0 Å². The Hall–Kier alpha value is -3.35. The molecule has 1 heterocycles. The molecule has 0 bridgehead atoms. The van der Waals surface area contributed by atoms with Gasteiger partial charge in [0.15, 0.2) is 5.78 Å². The maximum atomic E-state index is 13.1. The summed E-state index contributed by atoms with van der Waals surface area (Å²) >= 11 is 0. The lowest BCUT2D eigenvalue weighted by molar-refractivity contribution is -0.150. The molecule has 152 valence electrons. The predicted molar refractivity (Wildman–Crippen MR) is 103 cm³/mol. The summed E-state index contributed by atoms with van der Waals surface area (Å²) in [4.78, 5) is 38.4. The summed E-state index contributed by atoms with van der Waals surface area (Å²) in [6, 6.07) is 13.1. The predicted octanol–water partition coefficient (Wildman–Crippen LogP) is 2.98. The number of carbonyl (C=O) groups excluding carboxylic acids is 3. The Morgan fingerprint density at radius 2 is 1.48 bits per heavy atom. The van der Waals surface area contributed by atoms with Crippen LogP contribution < -0.4 is 9.47 Å². The van der Waals surface area contributed by atoms with Gasteiger partial charge in [-0.3, -0.25) is 14.4 Å². The highest BCUT2D eigenvalue weighted by Crippen LogP contribution is 2.42. The lowest BCUT2D eigenvalue weighted by Gasteiger charge is -2.19. The highest BCUT2D eigenvalue weighted by Gasteiger charge is 2.53. The third kappa shape index (κ3) is 4.08. The van der Waals surface area contributed by atoms with Crippen LogP contribution in [0.5, 0.6) is 11.5 Å². The molecule has 1 aliphatic rings. The van der Waals surface area contributed by atoms with E-state index in [1.807, 2.05) is 0 Å². The summed E-state index contributed by atoms with van der Waals surface area (Å²) in [5, 5.41) is 0. The third-order valence-electron chi connectivity index (χ3n) is 4.84. The molecular weight excluding hydrogens is 376 g/mol. The summed E-state index contributed by atoms with van der Waals surface area (Å²) in [6.45, 7) is 1.79. The lowest BCUT2D eigenvalue weighted by Crippen LogP contribution is -2.33. The number of carbonyl (C=O) groups is 3. The van der Waals surface area contributed by atoms with E-state index < -0.39 is 35.7 Å². The molecule has 0 unspecified atom stereocenters. The van der Waals surface area contributed by atoms with Crippen molar-refractivity contribution in [1.82, 2.24) is 0 Å². The Labute approximate surface area is 168 Å². The van der Waals surface area contributed by atoms with Crippen LogP contribution in [0.4, 0.5) is 0 Å². The van der Waals surface area contributed by atoms with E-state index in [9.17, 15) is 14.4 Å². The molecule has 3 atom stereocenters. The average molecular weight is 398 g/mol. The van der Waals surface area contributed by atoms with Gasteiger partial charge >= 0.3 is 11.9 Å². The van der Waals surface area contributed by atoms with Gasteiger partial charge in [-0.2, -0.15) is 0 Å². The van der Waals surface area contributed by atoms with Crippen LogP contribution in [0.3, 0.4) is 0 Å². The van der Waals surface area contributed by atoms with E-state index in [0.717, 1.165) is 0 Å². The first-order valence-electron chi connectivity index (χ1n) is 9.19. The van der Waals surface area contributed by atoms with Crippen molar-refractivity contribution in [1.29, 1.82) is 0 Å². The van der Waals surface area contributed by atoms with Crippen molar-refractivity contribution >= 4 is 17.7 Å². The quantitative estimate of drug-likeness (QED) is 0.402. The topological polar surface area (TPSA) is 88.1 Å². The molecule has 0 spiro atoms. The van der Waals surface area contributed by atoms with Gasteiger partial charge in [-0.15, -0.1) is 0 Å². The largest absolute Gasteiger partial charge is 0.497 e. The van der Waals surface area contributed by atoms with Gasteiger partial charge in [0.1, 0.15) is 29.4 Å². The highest BCUT2D eigenvalue weighted by atomic mass is 16.6. The van der Waals surface area contributed by atoms with Crippen molar-refractivity contribution in [3.63, 3.8) is 0 Å². The molecule has 0 radical (unpaired) electrons. The molecule has 1 aliphatic heterocycles. The zero-order valence-electron chi connectivity index (χ0n) is 16.4. The van der Waals surface area contributed by atoms with Gasteiger partial charge in [-0.25, -0.2) is 0 Å². The van der Waals surface area contributed by atoms with Crippen LogP contribution in [0.2, 0.25) is 0 Å². The maximum absolute atomic E-state index is 13.1. The number of hydrogen-bond acceptors (Lipinski definition) is 7. The number of methoxy groups -OCH3 is 2. The second kappa shape index (κ2) is 8.77. The fraction of sp³-hybridized carbons (Fsp3) is 0.318. The zero-order valence-corrected chi connectivity index (χ0v) is 16.4. The molecule has 1 saturated heterocycles. The molecule has 0 amide bonds. The van der Waals surface area contributed by atoms with E-state index in [1.54, 1.807) is 55.5 Å². The highest BCUT2D eigenvalue weighted by molar-refractivity contribution is 6.12. The van der Waals surface area contributed by atoms with Gasteiger partial charge in [0.25, 0.3) is 0 Å². The maximum Gasteiger partial charge on any atom is 0.318 e. The number of ketones is 1. The minimum atomic E-state index is -1.28.